The molecule has 0 bridgehead atoms. The summed E-state index contributed by atoms with van der Waals surface area (Å²) in [7, 11) is 1.69. The molecule has 3 aromatic carbocycles. The number of hydrogen-bond donors (Lipinski definition) is 0. The second-order valence-electron chi connectivity index (χ2n) is 5.32. The maximum absolute atomic E-state index is 5.26. The third kappa shape index (κ3) is 3.17. The van der Waals surface area contributed by atoms with Crippen LogP contribution >= 0.6 is 0 Å². The molecule has 0 saturated heterocycles. The van der Waals surface area contributed by atoms with Crippen molar-refractivity contribution in [1.82, 2.24) is 0 Å². The summed E-state index contributed by atoms with van der Waals surface area (Å²) in [5, 5.41) is 2.38. The molecule has 3 rings (SSSR count). The molecule has 0 unspecified atom stereocenters. The minimum atomic E-state index is 0.716. The molecule has 0 aliphatic heterocycles. The quantitative estimate of drug-likeness (QED) is 0.629. The van der Waals surface area contributed by atoms with Crippen molar-refractivity contribution in [2.45, 2.75) is 13.5 Å². The lowest BCUT2D eigenvalue weighted by molar-refractivity contribution is 0.415. The van der Waals surface area contributed by atoms with Gasteiger partial charge in [0.2, 0.25) is 0 Å². The molecule has 0 amide bonds. The molecule has 0 aliphatic carbocycles. The minimum Gasteiger partial charge on any atom is -0.497 e. The zero-order valence-corrected chi connectivity index (χ0v) is 12.9. The molecule has 2 nitrogen and oxygen atoms in total. The maximum Gasteiger partial charge on any atom is 0.119 e. The molecule has 0 heterocycles. The van der Waals surface area contributed by atoms with Crippen LogP contribution in [0.1, 0.15) is 18.1 Å². The van der Waals surface area contributed by atoms with Crippen molar-refractivity contribution < 1.29 is 4.74 Å². The molecule has 3 aromatic rings. The van der Waals surface area contributed by atoms with Gasteiger partial charge >= 0.3 is 0 Å². The Kier molecular flexibility index (Phi) is 4.19. The van der Waals surface area contributed by atoms with E-state index in [-0.39, 0.29) is 0 Å². The lowest BCUT2D eigenvalue weighted by Gasteiger charge is -2.06. The molecule has 0 saturated carbocycles. The number of ether oxygens (including phenoxy) is 1. The van der Waals surface area contributed by atoms with E-state index >= 15 is 0 Å². The molecule has 110 valence electrons. The highest BCUT2D eigenvalue weighted by atomic mass is 16.5. The molecule has 0 N–H and O–H groups in total. The van der Waals surface area contributed by atoms with Crippen LogP contribution in [0.25, 0.3) is 10.8 Å². The van der Waals surface area contributed by atoms with Crippen LogP contribution in [0.5, 0.6) is 5.75 Å². The summed E-state index contributed by atoms with van der Waals surface area (Å²) in [5.74, 6) is 0.884. The van der Waals surface area contributed by atoms with Gasteiger partial charge in [0.05, 0.1) is 13.7 Å². The van der Waals surface area contributed by atoms with Gasteiger partial charge < -0.3 is 4.74 Å². The highest BCUT2D eigenvalue weighted by molar-refractivity contribution is 6.02. The van der Waals surface area contributed by atoms with E-state index in [2.05, 4.69) is 49.4 Å². The molecular formula is C20H19NO. The Morgan fingerprint density at radius 1 is 0.909 bits per heavy atom. The van der Waals surface area contributed by atoms with E-state index in [0.717, 1.165) is 17.0 Å². The van der Waals surface area contributed by atoms with Crippen LogP contribution in [0.4, 0.5) is 0 Å². The van der Waals surface area contributed by atoms with Crippen molar-refractivity contribution in [1.29, 1.82) is 0 Å². The lowest BCUT2D eigenvalue weighted by atomic mass is 10.0. The van der Waals surface area contributed by atoms with Crippen LogP contribution in [0, 0.1) is 0 Å². The maximum atomic E-state index is 5.26. The molecule has 0 aromatic heterocycles. The Morgan fingerprint density at radius 2 is 1.64 bits per heavy atom. The summed E-state index contributed by atoms with van der Waals surface area (Å²) < 4.78 is 5.26. The van der Waals surface area contributed by atoms with Gasteiger partial charge in [-0.05, 0) is 47.0 Å². The SMILES string of the molecule is COc1ccc2cc(C(C)=NCc3ccccc3)ccc2c1. The summed E-state index contributed by atoms with van der Waals surface area (Å²) in [4.78, 5) is 4.70. The number of aliphatic imine (C=N–C) groups is 1. The van der Waals surface area contributed by atoms with Crippen LogP contribution in [0.3, 0.4) is 0 Å². The first kappa shape index (κ1) is 14.3. The number of rotatable bonds is 4. The van der Waals surface area contributed by atoms with Gasteiger partial charge in [-0.2, -0.15) is 0 Å². The summed E-state index contributed by atoms with van der Waals surface area (Å²) in [5.41, 5.74) is 3.45. The first-order chi connectivity index (χ1) is 10.8. The first-order valence-electron chi connectivity index (χ1n) is 7.39. The van der Waals surface area contributed by atoms with Crippen molar-refractivity contribution in [2.24, 2.45) is 4.99 Å². The second kappa shape index (κ2) is 6.44. The van der Waals surface area contributed by atoms with E-state index < -0.39 is 0 Å². The summed E-state index contributed by atoms with van der Waals surface area (Å²) in [6.45, 7) is 2.78. The van der Waals surface area contributed by atoms with Crippen LogP contribution in [-0.2, 0) is 6.54 Å². The number of fused-ring (bicyclic) bond motifs is 1. The van der Waals surface area contributed by atoms with Crippen LogP contribution in [0.15, 0.2) is 71.7 Å². The van der Waals surface area contributed by atoms with Gasteiger partial charge in [0, 0.05) is 5.71 Å². The van der Waals surface area contributed by atoms with Gasteiger partial charge in [-0.15, -0.1) is 0 Å². The Labute approximate surface area is 131 Å². The van der Waals surface area contributed by atoms with Crippen molar-refractivity contribution in [2.75, 3.05) is 7.11 Å². The van der Waals surface area contributed by atoms with E-state index in [0.29, 0.717) is 6.54 Å². The molecule has 2 heteroatoms. The summed E-state index contributed by atoms with van der Waals surface area (Å²) >= 11 is 0. The lowest BCUT2D eigenvalue weighted by Crippen LogP contribution is -1.96. The predicted octanol–water partition coefficient (Wildman–Crippen LogP) is 4.86. The second-order valence-corrected chi connectivity index (χ2v) is 5.32. The molecular weight excluding hydrogens is 270 g/mol. The Balaban J connectivity index is 1.86. The third-order valence-corrected chi connectivity index (χ3v) is 3.81. The molecule has 22 heavy (non-hydrogen) atoms. The minimum absolute atomic E-state index is 0.716. The monoisotopic (exact) mass is 289 g/mol. The van der Waals surface area contributed by atoms with E-state index in [1.54, 1.807) is 7.11 Å². The van der Waals surface area contributed by atoms with Crippen molar-refractivity contribution >= 4 is 16.5 Å². The molecule has 0 spiro atoms. The van der Waals surface area contributed by atoms with E-state index in [1.165, 1.54) is 16.3 Å². The fraction of sp³-hybridized carbons (Fsp3) is 0.150. The fourth-order valence-electron chi connectivity index (χ4n) is 2.46. The normalized spacial score (nSPS) is 11.6. The van der Waals surface area contributed by atoms with Crippen LogP contribution in [-0.4, -0.2) is 12.8 Å². The largest absolute Gasteiger partial charge is 0.497 e. The number of nitrogens with zero attached hydrogens (tertiary/aromatic N) is 1. The Hall–Kier alpha value is -2.61. The Morgan fingerprint density at radius 3 is 2.41 bits per heavy atom. The molecule has 0 fully saturated rings. The van der Waals surface area contributed by atoms with E-state index in [4.69, 9.17) is 9.73 Å². The highest BCUT2D eigenvalue weighted by Crippen LogP contribution is 2.22. The van der Waals surface area contributed by atoms with Crippen molar-refractivity contribution in [3.8, 4) is 5.75 Å². The predicted molar refractivity (Wildman–Crippen MR) is 92.9 cm³/mol. The van der Waals surface area contributed by atoms with E-state index in [1.807, 2.05) is 24.3 Å². The highest BCUT2D eigenvalue weighted by Gasteiger charge is 2.01. The van der Waals surface area contributed by atoms with Crippen molar-refractivity contribution in [3.05, 3.63) is 77.9 Å². The van der Waals surface area contributed by atoms with Gasteiger partial charge in [-0.3, -0.25) is 4.99 Å². The molecule has 0 aliphatic rings. The zero-order chi connectivity index (χ0) is 15.4. The summed E-state index contributed by atoms with van der Waals surface area (Å²) in [6.07, 6.45) is 0. The third-order valence-electron chi connectivity index (χ3n) is 3.81. The smallest absolute Gasteiger partial charge is 0.119 e. The Bertz CT molecular complexity index is 806. The van der Waals surface area contributed by atoms with E-state index in [9.17, 15) is 0 Å². The number of hydrogen-bond acceptors (Lipinski definition) is 2. The number of benzene rings is 3. The van der Waals surface area contributed by atoms with Crippen molar-refractivity contribution in [3.63, 3.8) is 0 Å². The van der Waals surface area contributed by atoms with Gasteiger partial charge in [-0.25, -0.2) is 0 Å². The zero-order valence-electron chi connectivity index (χ0n) is 12.9. The van der Waals surface area contributed by atoms with Gasteiger partial charge in [0.1, 0.15) is 5.75 Å². The standard InChI is InChI=1S/C20H19NO/c1-15(21-14-16-6-4-3-5-7-16)17-8-9-19-13-20(22-2)11-10-18(19)12-17/h3-13H,14H2,1-2H3. The van der Waals surface area contributed by atoms with Crippen LogP contribution in [0.2, 0.25) is 0 Å². The summed E-state index contributed by atoms with van der Waals surface area (Å²) in [6, 6.07) is 22.9. The average molecular weight is 289 g/mol. The average Bonchev–Trinajstić information content (AvgIpc) is 2.59. The first-order valence-corrected chi connectivity index (χ1v) is 7.39. The van der Waals surface area contributed by atoms with Gasteiger partial charge in [0.15, 0.2) is 0 Å². The molecule has 0 radical (unpaired) electrons. The van der Waals surface area contributed by atoms with Gasteiger partial charge in [-0.1, -0.05) is 48.5 Å². The van der Waals surface area contributed by atoms with Crippen LogP contribution < -0.4 is 4.74 Å². The van der Waals surface area contributed by atoms with Gasteiger partial charge in [0.25, 0.3) is 0 Å². The fourth-order valence-corrected chi connectivity index (χ4v) is 2.46. The molecule has 0 atom stereocenters. The number of methoxy groups -OCH3 is 1. The topological polar surface area (TPSA) is 21.6 Å².